The van der Waals surface area contributed by atoms with Crippen molar-refractivity contribution in [2.24, 2.45) is 16.2 Å². The van der Waals surface area contributed by atoms with Crippen molar-refractivity contribution in [2.75, 3.05) is 0 Å². The molecule has 0 aromatic rings. The SMILES string of the molecule is CC1(O)CC2(C(=O)O)CCC1(C)C2(C)C. The lowest BCUT2D eigenvalue weighted by atomic mass is 9.63. The summed E-state index contributed by atoms with van der Waals surface area (Å²) in [6.07, 6.45) is 1.89. The van der Waals surface area contributed by atoms with E-state index in [4.69, 9.17) is 0 Å². The van der Waals surface area contributed by atoms with E-state index in [9.17, 15) is 15.0 Å². The number of rotatable bonds is 1. The van der Waals surface area contributed by atoms with Crippen LogP contribution in [0, 0.1) is 16.2 Å². The summed E-state index contributed by atoms with van der Waals surface area (Å²) in [6.45, 7) is 7.81. The third-order valence-electron chi connectivity index (χ3n) is 5.87. The maximum Gasteiger partial charge on any atom is 0.310 e. The van der Waals surface area contributed by atoms with E-state index in [-0.39, 0.29) is 10.8 Å². The van der Waals surface area contributed by atoms with Crippen molar-refractivity contribution in [1.82, 2.24) is 0 Å². The van der Waals surface area contributed by atoms with Gasteiger partial charge in [-0.25, -0.2) is 0 Å². The zero-order valence-electron chi connectivity index (χ0n) is 9.92. The lowest BCUT2D eigenvalue weighted by molar-refractivity contribution is -0.154. The van der Waals surface area contributed by atoms with Crippen molar-refractivity contribution in [1.29, 1.82) is 0 Å². The molecule has 0 heterocycles. The van der Waals surface area contributed by atoms with Crippen molar-refractivity contribution in [3.8, 4) is 0 Å². The second kappa shape index (κ2) is 2.40. The highest BCUT2D eigenvalue weighted by Gasteiger charge is 2.76. The van der Waals surface area contributed by atoms with Crippen LogP contribution in [0.2, 0.25) is 0 Å². The van der Waals surface area contributed by atoms with Crippen molar-refractivity contribution >= 4 is 5.97 Å². The minimum Gasteiger partial charge on any atom is -0.481 e. The van der Waals surface area contributed by atoms with E-state index in [0.29, 0.717) is 12.8 Å². The van der Waals surface area contributed by atoms with Gasteiger partial charge in [-0.2, -0.15) is 0 Å². The average molecular weight is 212 g/mol. The predicted molar refractivity (Wildman–Crippen MR) is 56.4 cm³/mol. The van der Waals surface area contributed by atoms with Crippen LogP contribution in [0.25, 0.3) is 0 Å². The summed E-state index contributed by atoms with van der Waals surface area (Å²) in [5, 5.41) is 19.9. The van der Waals surface area contributed by atoms with Gasteiger partial charge in [-0.15, -0.1) is 0 Å². The Balaban J connectivity index is 2.61. The molecule has 2 bridgehead atoms. The van der Waals surface area contributed by atoms with Crippen LogP contribution in [0.5, 0.6) is 0 Å². The summed E-state index contributed by atoms with van der Waals surface area (Å²) >= 11 is 0. The van der Waals surface area contributed by atoms with Crippen molar-refractivity contribution < 1.29 is 15.0 Å². The van der Waals surface area contributed by atoms with Gasteiger partial charge in [-0.3, -0.25) is 4.79 Å². The normalized spacial score (nSPS) is 52.1. The van der Waals surface area contributed by atoms with Gasteiger partial charge in [0.05, 0.1) is 11.0 Å². The predicted octanol–water partition coefficient (Wildman–Crippen LogP) is 2.04. The van der Waals surface area contributed by atoms with Gasteiger partial charge < -0.3 is 10.2 Å². The highest BCUT2D eigenvalue weighted by Crippen LogP contribution is 2.75. The molecule has 15 heavy (non-hydrogen) atoms. The van der Waals surface area contributed by atoms with E-state index in [1.807, 2.05) is 20.8 Å². The lowest BCUT2D eigenvalue weighted by Crippen LogP contribution is -2.44. The standard InChI is InChI=1S/C12H20O3/c1-9(2)10(3)5-6-12(9,8(13)14)7-11(10,4)15/h15H,5-7H2,1-4H3,(H,13,14). The van der Waals surface area contributed by atoms with Crippen LogP contribution in [0.1, 0.15) is 47.0 Å². The van der Waals surface area contributed by atoms with Crippen molar-refractivity contribution in [3.63, 3.8) is 0 Å². The molecule has 2 saturated carbocycles. The van der Waals surface area contributed by atoms with E-state index >= 15 is 0 Å². The number of carboxylic acids is 1. The molecule has 86 valence electrons. The molecule has 2 rings (SSSR count). The van der Waals surface area contributed by atoms with Gasteiger partial charge >= 0.3 is 5.97 Å². The minimum absolute atomic E-state index is 0.279. The molecule has 0 spiro atoms. The summed E-state index contributed by atoms with van der Waals surface area (Å²) in [7, 11) is 0. The average Bonchev–Trinajstić information content (AvgIpc) is 2.32. The van der Waals surface area contributed by atoms with Gasteiger partial charge in [0.25, 0.3) is 0 Å². The number of aliphatic carboxylic acids is 1. The first-order valence-electron chi connectivity index (χ1n) is 5.57. The third kappa shape index (κ3) is 0.850. The van der Waals surface area contributed by atoms with Gasteiger partial charge in [-0.1, -0.05) is 20.8 Å². The van der Waals surface area contributed by atoms with Crippen LogP contribution in [-0.4, -0.2) is 21.8 Å². The number of hydrogen-bond acceptors (Lipinski definition) is 2. The molecule has 0 aromatic carbocycles. The van der Waals surface area contributed by atoms with Crippen LogP contribution in [0.15, 0.2) is 0 Å². The Bertz CT molecular complexity index is 332. The minimum atomic E-state index is -0.854. The number of carbonyl (C=O) groups is 1. The molecular weight excluding hydrogens is 192 g/mol. The molecule has 0 saturated heterocycles. The Labute approximate surface area is 90.5 Å². The molecular formula is C12H20O3. The molecule has 0 amide bonds. The van der Waals surface area contributed by atoms with E-state index < -0.39 is 17.0 Å². The van der Waals surface area contributed by atoms with E-state index in [0.717, 1.165) is 6.42 Å². The summed E-state index contributed by atoms with van der Waals surface area (Å²) in [4.78, 5) is 11.5. The zero-order valence-corrected chi connectivity index (χ0v) is 9.92. The Morgan fingerprint density at radius 2 is 1.67 bits per heavy atom. The second-order valence-electron chi connectivity index (χ2n) is 6.29. The van der Waals surface area contributed by atoms with Crippen LogP contribution < -0.4 is 0 Å². The summed E-state index contributed by atoms with van der Waals surface area (Å²) in [5.74, 6) is -0.742. The van der Waals surface area contributed by atoms with Crippen molar-refractivity contribution in [2.45, 2.75) is 52.6 Å². The van der Waals surface area contributed by atoms with E-state index in [1.165, 1.54) is 0 Å². The molecule has 2 aliphatic rings. The monoisotopic (exact) mass is 212 g/mol. The number of hydrogen-bond donors (Lipinski definition) is 2. The first-order chi connectivity index (χ1) is 6.61. The highest BCUT2D eigenvalue weighted by atomic mass is 16.4. The fraction of sp³-hybridized carbons (Fsp3) is 0.917. The molecule has 2 N–H and O–H groups in total. The van der Waals surface area contributed by atoms with E-state index in [1.54, 1.807) is 6.92 Å². The van der Waals surface area contributed by atoms with Gasteiger partial charge in [0.15, 0.2) is 0 Å². The Morgan fingerprint density at radius 3 is 1.87 bits per heavy atom. The zero-order chi connectivity index (χ0) is 11.7. The molecule has 3 unspecified atom stereocenters. The molecule has 3 nitrogen and oxygen atoms in total. The molecule has 3 atom stereocenters. The van der Waals surface area contributed by atoms with Crippen LogP contribution in [0.4, 0.5) is 0 Å². The largest absolute Gasteiger partial charge is 0.481 e. The maximum absolute atomic E-state index is 11.5. The molecule has 0 aliphatic heterocycles. The summed E-state index contributed by atoms with van der Waals surface area (Å²) in [5.41, 5.74) is -2.20. The molecule has 3 heteroatoms. The van der Waals surface area contributed by atoms with Gasteiger partial charge in [-0.05, 0) is 31.6 Å². The Hall–Kier alpha value is -0.570. The number of aliphatic hydroxyl groups is 1. The van der Waals surface area contributed by atoms with Crippen LogP contribution in [0.3, 0.4) is 0 Å². The number of carboxylic acid groups (broad SMARTS) is 1. The van der Waals surface area contributed by atoms with E-state index in [2.05, 4.69) is 0 Å². The quantitative estimate of drug-likeness (QED) is 0.699. The lowest BCUT2D eigenvalue weighted by Gasteiger charge is -2.43. The second-order valence-corrected chi connectivity index (χ2v) is 6.29. The number of fused-ring (bicyclic) bond motifs is 2. The van der Waals surface area contributed by atoms with Crippen LogP contribution >= 0.6 is 0 Å². The topological polar surface area (TPSA) is 57.5 Å². The highest BCUT2D eigenvalue weighted by molar-refractivity contribution is 5.78. The summed E-state index contributed by atoms with van der Waals surface area (Å²) in [6, 6.07) is 0. The fourth-order valence-corrected chi connectivity index (χ4v) is 4.10. The Kier molecular flexibility index (Phi) is 1.75. The molecule has 2 fully saturated rings. The Morgan fingerprint density at radius 1 is 1.13 bits per heavy atom. The van der Waals surface area contributed by atoms with Crippen LogP contribution in [-0.2, 0) is 4.79 Å². The summed E-state index contributed by atoms with van der Waals surface area (Å²) < 4.78 is 0. The first kappa shape index (κ1) is 10.9. The first-order valence-corrected chi connectivity index (χ1v) is 5.57. The smallest absolute Gasteiger partial charge is 0.310 e. The fourth-order valence-electron chi connectivity index (χ4n) is 4.10. The van der Waals surface area contributed by atoms with Crippen molar-refractivity contribution in [3.05, 3.63) is 0 Å². The molecule has 0 radical (unpaired) electrons. The van der Waals surface area contributed by atoms with Gasteiger partial charge in [0.1, 0.15) is 0 Å². The van der Waals surface area contributed by atoms with Gasteiger partial charge in [0.2, 0.25) is 0 Å². The maximum atomic E-state index is 11.5. The third-order valence-corrected chi connectivity index (χ3v) is 5.87. The molecule has 2 aliphatic carbocycles. The van der Waals surface area contributed by atoms with Gasteiger partial charge in [0, 0.05) is 5.41 Å². The molecule has 0 aromatic heterocycles.